The molecule has 1 saturated carbocycles. The number of aryl methyl sites for hydroxylation is 1. The van der Waals surface area contributed by atoms with E-state index in [4.69, 9.17) is 9.60 Å². The maximum Gasteiger partial charge on any atom is 0.343 e. The molecule has 1 heterocycles. The number of carbonyl (C=O) groups is 1. The minimum atomic E-state index is -4.25. The van der Waals surface area contributed by atoms with E-state index in [1.807, 2.05) is 4.72 Å². The molecule has 1 aliphatic heterocycles. The van der Waals surface area contributed by atoms with Gasteiger partial charge in [0.1, 0.15) is 0 Å². The Morgan fingerprint density at radius 3 is 2.50 bits per heavy atom. The van der Waals surface area contributed by atoms with Gasteiger partial charge in [0.25, 0.3) is 10.0 Å². The third-order valence-corrected chi connectivity index (χ3v) is 5.05. The second-order valence-corrected chi connectivity index (χ2v) is 6.96. The molecule has 2 atom stereocenters. The van der Waals surface area contributed by atoms with E-state index in [2.05, 4.69) is 5.43 Å². The molecule has 6 nitrogen and oxygen atoms in total. The Bertz CT molecular complexity index is 881. The summed E-state index contributed by atoms with van der Waals surface area (Å²) in [4.78, 5) is 11.9. The lowest BCUT2D eigenvalue weighted by Gasteiger charge is -2.18. The maximum absolute atomic E-state index is 12.3. The summed E-state index contributed by atoms with van der Waals surface area (Å²) in [5, 5.41) is 1.31. The molecule has 2 N–H and O–H groups in total. The van der Waals surface area contributed by atoms with Crippen LogP contribution >= 0.6 is 0 Å². The SMILES string of the molecule is [2H]C([2H])([2H])c1ccc(S(=O)(=O)NC(=O)NN2CC3C(C2)C([2H])([2H])CC3([2H])[2H])cc1. The van der Waals surface area contributed by atoms with Crippen LogP contribution in [0.15, 0.2) is 29.2 Å². The predicted octanol–water partition coefficient (Wildman–Crippen LogP) is 1.63. The summed E-state index contributed by atoms with van der Waals surface area (Å²) in [5.74, 6) is -1.22. The largest absolute Gasteiger partial charge is 0.343 e. The second kappa shape index (κ2) is 5.89. The fourth-order valence-corrected chi connectivity index (χ4v) is 3.51. The number of nitrogens with one attached hydrogen (secondary N) is 2. The molecule has 2 unspecified atom stereocenters. The highest BCUT2D eigenvalue weighted by atomic mass is 32.2. The van der Waals surface area contributed by atoms with Crippen LogP contribution in [0.25, 0.3) is 0 Å². The van der Waals surface area contributed by atoms with Crippen LogP contribution in [0.5, 0.6) is 0 Å². The Hall–Kier alpha value is -1.60. The molecule has 2 fully saturated rings. The van der Waals surface area contributed by atoms with E-state index in [0.717, 1.165) is 24.3 Å². The molecule has 22 heavy (non-hydrogen) atoms. The number of urea groups is 1. The molecule has 120 valence electrons. The number of fused-ring (bicyclic) bond motifs is 1. The van der Waals surface area contributed by atoms with Gasteiger partial charge in [0.05, 0.1) is 4.90 Å². The Labute approximate surface area is 140 Å². The number of hydrazine groups is 1. The monoisotopic (exact) mass is 330 g/mol. The lowest BCUT2D eigenvalue weighted by molar-refractivity contribution is 0.195. The number of rotatable bonds is 3. The maximum atomic E-state index is 12.3. The van der Waals surface area contributed by atoms with E-state index in [9.17, 15) is 13.2 Å². The minimum Gasteiger partial charge on any atom is -0.270 e. The fraction of sp³-hybridized carbons (Fsp3) is 0.533. The quantitative estimate of drug-likeness (QED) is 0.883. The highest BCUT2D eigenvalue weighted by Crippen LogP contribution is 2.36. The number of hydrogen-bond acceptors (Lipinski definition) is 4. The van der Waals surface area contributed by atoms with Gasteiger partial charge in [-0.05, 0) is 43.6 Å². The Morgan fingerprint density at radius 1 is 1.27 bits per heavy atom. The van der Waals surface area contributed by atoms with Crippen molar-refractivity contribution in [3.63, 3.8) is 0 Å². The van der Waals surface area contributed by atoms with Crippen LogP contribution in [0.4, 0.5) is 4.79 Å². The molecule has 0 bridgehead atoms. The molecule has 2 aliphatic rings. The van der Waals surface area contributed by atoms with Gasteiger partial charge in [0.15, 0.2) is 0 Å². The van der Waals surface area contributed by atoms with Gasteiger partial charge in [-0.1, -0.05) is 24.1 Å². The molecule has 0 radical (unpaired) electrons. The molecule has 3 rings (SSSR count). The van der Waals surface area contributed by atoms with Crippen molar-refractivity contribution in [2.75, 3.05) is 13.1 Å². The number of hydrogen-bond donors (Lipinski definition) is 2. The first kappa shape index (κ1) is 8.88. The minimum absolute atomic E-state index is 0.0342. The highest BCUT2D eigenvalue weighted by Gasteiger charge is 2.36. The van der Waals surface area contributed by atoms with Crippen molar-refractivity contribution in [1.29, 1.82) is 0 Å². The fourth-order valence-electron chi connectivity index (χ4n) is 2.61. The van der Waals surface area contributed by atoms with E-state index in [0.29, 0.717) is 0 Å². The average Bonchev–Trinajstić information content (AvgIpc) is 3.04. The lowest BCUT2D eigenvalue weighted by atomic mass is 10.0. The van der Waals surface area contributed by atoms with Crippen molar-refractivity contribution in [3.05, 3.63) is 29.8 Å². The van der Waals surface area contributed by atoms with Gasteiger partial charge in [-0.3, -0.25) is 5.43 Å². The third kappa shape index (κ3) is 3.25. The van der Waals surface area contributed by atoms with Gasteiger partial charge in [0.2, 0.25) is 0 Å². The zero-order valence-corrected chi connectivity index (χ0v) is 12.5. The van der Waals surface area contributed by atoms with Crippen molar-refractivity contribution in [2.24, 2.45) is 11.8 Å². The van der Waals surface area contributed by atoms with Crippen molar-refractivity contribution >= 4 is 16.1 Å². The molecule has 2 amide bonds. The summed E-state index contributed by atoms with van der Waals surface area (Å²) in [6.07, 6.45) is -3.63. The first-order valence-electron chi connectivity index (χ1n) is 10.3. The summed E-state index contributed by atoms with van der Waals surface area (Å²) in [6.45, 7) is -2.24. The second-order valence-electron chi connectivity index (χ2n) is 5.27. The molecular formula is C15H21N3O3S. The Morgan fingerprint density at radius 2 is 1.91 bits per heavy atom. The third-order valence-electron chi connectivity index (χ3n) is 3.70. The van der Waals surface area contributed by atoms with Gasteiger partial charge >= 0.3 is 6.03 Å². The van der Waals surface area contributed by atoms with Crippen LogP contribution in [-0.2, 0) is 10.0 Å². The standard InChI is InChI=1S/C15H21N3O3S/c1-11-5-7-14(8-6-11)22(20,21)17-15(19)16-18-9-12-3-2-4-13(12)10-18/h5-8,12-13H,2-4,9-10H2,1H3,(H2,16,17,19)/i1D3,3D2,4D2. The van der Waals surface area contributed by atoms with Crippen molar-refractivity contribution in [1.82, 2.24) is 15.2 Å². The van der Waals surface area contributed by atoms with Gasteiger partial charge in [-0.2, -0.15) is 0 Å². The van der Waals surface area contributed by atoms with Crippen LogP contribution in [0.1, 0.15) is 34.3 Å². The van der Waals surface area contributed by atoms with Crippen molar-refractivity contribution in [2.45, 2.75) is 30.9 Å². The van der Waals surface area contributed by atoms with Crippen LogP contribution in [0.3, 0.4) is 0 Å². The Kier molecular flexibility index (Phi) is 2.38. The van der Waals surface area contributed by atoms with E-state index >= 15 is 0 Å². The topological polar surface area (TPSA) is 78.5 Å². The number of amides is 2. The van der Waals surface area contributed by atoms with Crippen molar-refractivity contribution in [3.8, 4) is 0 Å². The van der Waals surface area contributed by atoms with Crippen LogP contribution < -0.4 is 10.1 Å². The summed E-state index contributed by atoms with van der Waals surface area (Å²) in [5.41, 5.74) is 2.29. The molecule has 1 aliphatic carbocycles. The van der Waals surface area contributed by atoms with E-state index < -0.39 is 47.5 Å². The number of carbonyl (C=O) groups excluding carboxylic acids is 1. The molecule has 1 aromatic rings. The van der Waals surface area contributed by atoms with Gasteiger partial charge < -0.3 is 0 Å². The first-order chi connectivity index (χ1) is 13.1. The average molecular weight is 330 g/mol. The first-order valence-corrected chi connectivity index (χ1v) is 8.29. The highest BCUT2D eigenvalue weighted by molar-refractivity contribution is 7.90. The normalized spacial score (nSPS) is 34.8. The van der Waals surface area contributed by atoms with E-state index in [1.165, 1.54) is 5.01 Å². The molecule has 7 heteroatoms. The smallest absolute Gasteiger partial charge is 0.270 e. The molecule has 1 aromatic carbocycles. The van der Waals surface area contributed by atoms with E-state index in [1.54, 1.807) is 0 Å². The summed E-state index contributed by atoms with van der Waals surface area (Å²) < 4.78 is 80.3. The zero-order chi connectivity index (χ0) is 21.8. The zero-order valence-electron chi connectivity index (χ0n) is 18.7. The summed E-state index contributed by atoms with van der Waals surface area (Å²) in [6, 6.07) is 3.39. The Balaban J connectivity index is 1.64. The predicted molar refractivity (Wildman–Crippen MR) is 82.4 cm³/mol. The van der Waals surface area contributed by atoms with Crippen molar-refractivity contribution < 1.29 is 22.8 Å². The lowest BCUT2D eigenvalue weighted by Crippen LogP contribution is -2.48. The summed E-state index contributed by atoms with van der Waals surface area (Å²) in [7, 11) is -4.25. The van der Waals surface area contributed by atoms with E-state index in [-0.39, 0.29) is 30.0 Å². The molecule has 1 saturated heterocycles. The molecular weight excluding hydrogens is 302 g/mol. The molecule has 0 aromatic heterocycles. The number of benzene rings is 1. The van der Waals surface area contributed by atoms with Gasteiger partial charge in [-0.15, -0.1) is 0 Å². The number of nitrogens with zero attached hydrogens (tertiary/aromatic N) is 1. The molecule has 0 spiro atoms. The summed E-state index contributed by atoms with van der Waals surface area (Å²) >= 11 is 0. The van der Waals surface area contributed by atoms with Crippen LogP contribution in [0, 0.1) is 18.7 Å². The number of sulfonamides is 1. The van der Waals surface area contributed by atoms with Crippen LogP contribution in [-0.4, -0.2) is 32.5 Å². The van der Waals surface area contributed by atoms with Gasteiger partial charge in [-0.25, -0.2) is 22.9 Å². The van der Waals surface area contributed by atoms with Crippen LogP contribution in [0.2, 0.25) is 0 Å². The van der Waals surface area contributed by atoms with Gasteiger partial charge in [0, 0.05) is 22.7 Å².